The summed E-state index contributed by atoms with van der Waals surface area (Å²) in [6.45, 7) is 4.23. The highest BCUT2D eigenvalue weighted by Gasteiger charge is 2.36. The molecule has 0 bridgehead atoms. The molecule has 3 fully saturated rings. The summed E-state index contributed by atoms with van der Waals surface area (Å²) in [6.07, 6.45) is 6.08. The maximum Gasteiger partial charge on any atom is 0.225 e. The lowest BCUT2D eigenvalue weighted by Gasteiger charge is -2.33. The molecule has 1 aromatic rings. The van der Waals surface area contributed by atoms with E-state index in [9.17, 15) is 9.59 Å². The summed E-state index contributed by atoms with van der Waals surface area (Å²) < 4.78 is 5.28. The smallest absolute Gasteiger partial charge is 0.225 e. The maximum absolute atomic E-state index is 12.8. The van der Waals surface area contributed by atoms with E-state index in [0.29, 0.717) is 12.5 Å². The first-order valence-corrected chi connectivity index (χ1v) is 11.1. The SMILES string of the molecule is COc1ccc([C@H](CNC(=O)C2CCN(C(=O)C3CC3)CC2)N2CCCC2)cc1. The van der Waals surface area contributed by atoms with E-state index in [1.54, 1.807) is 7.11 Å². The molecule has 0 spiro atoms. The van der Waals surface area contributed by atoms with E-state index in [1.807, 2.05) is 17.0 Å². The van der Waals surface area contributed by atoms with Crippen LogP contribution in [-0.4, -0.2) is 61.4 Å². The topological polar surface area (TPSA) is 61.9 Å². The Morgan fingerprint density at radius 1 is 1.00 bits per heavy atom. The van der Waals surface area contributed by atoms with Crippen molar-refractivity contribution in [2.75, 3.05) is 39.8 Å². The van der Waals surface area contributed by atoms with Crippen LogP contribution in [0, 0.1) is 11.8 Å². The van der Waals surface area contributed by atoms with Gasteiger partial charge in [0.05, 0.1) is 13.2 Å². The third-order valence-corrected chi connectivity index (χ3v) is 6.66. The summed E-state index contributed by atoms with van der Waals surface area (Å²) in [5, 5.41) is 3.22. The third kappa shape index (κ3) is 4.92. The Labute approximate surface area is 173 Å². The minimum atomic E-state index is 0.0216. The molecule has 2 heterocycles. The highest BCUT2D eigenvalue weighted by molar-refractivity contribution is 5.82. The molecule has 3 aliphatic rings. The molecule has 1 N–H and O–H groups in total. The van der Waals surface area contributed by atoms with Gasteiger partial charge in [0.25, 0.3) is 0 Å². The van der Waals surface area contributed by atoms with Gasteiger partial charge < -0.3 is 15.0 Å². The van der Waals surface area contributed by atoms with Crippen molar-refractivity contribution >= 4 is 11.8 Å². The molecule has 4 rings (SSSR count). The Morgan fingerprint density at radius 3 is 2.24 bits per heavy atom. The number of piperidine rings is 1. The lowest BCUT2D eigenvalue weighted by atomic mass is 9.95. The molecule has 1 atom stereocenters. The van der Waals surface area contributed by atoms with Crippen LogP contribution in [0.25, 0.3) is 0 Å². The number of rotatable bonds is 7. The predicted molar refractivity (Wildman–Crippen MR) is 112 cm³/mol. The Kier molecular flexibility index (Phi) is 6.38. The minimum Gasteiger partial charge on any atom is -0.497 e. The van der Waals surface area contributed by atoms with Crippen molar-refractivity contribution in [1.29, 1.82) is 0 Å². The summed E-state index contributed by atoms with van der Waals surface area (Å²) >= 11 is 0. The van der Waals surface area contributed by atoms with Crippen LogP contribution in [0.5, 0.6) is 5.75 Å². The van der Waals surface area contributed by atoms with Gasteiger partial charge >= 0.3 is 0 Å². The van der Waals surface area contributed by atoms with Gasteiger partial charge in [0.1, 0.15) is 5.75 Å². The number of methoxy groups -OCH3 is 1. The van der Waals surface area contributed by atoms with Crippen LogP contribution in [0.15, 0.2) is 24.3 Å². The zero-order valence-corrected chi connectivity index (χ0v) is 17.4. The second-order valence-corrected chi connectivity index (χ2v) is 8.65. The van der Waals surface area contributed by atoms with Gasteiger partial charge in [0.2, 0.25) is 11.8 Å². The molecule has 158 valence electrons. The van der Waals surface area contributed by atoms with Crippen molar-refractivity contribution in [2.24, 2.45) is 11.8 Å². The molecule has 0 aromatic heterocycles. The van der Waals surface area contributed by atoms with E-state index in [4.69, 9.17) is 4.74 Å². The monoisotopic (exact) mass is 399 g/mol. The van der Waals surface area contributed by atoms with Crippen LogP contribution in [0.1, 0.15) is 50.1 Å². The number of nitrogens with zero attached hydrogens (tertiary/aromatic N) is 2. The maximum atomic E-state index is 12.8. The highest BCUT2D eigenvalue weighted by Crippen LogP contribution is 2.32. The van der Waals surface area contributed by atoms with Crippen molar-refractivity contribution in [3.05, 3.63) is 29.8 Å². The average molecular weight is 400 g/mol. The van der Waals surface area contributed by atoms with Gasteiger partial charge in [-0.3, -0.25) is 14.5 Å². The first-order chi connectivity index (χ1) is 14.2. The van der Waals surface area contributed by atoms with Crippen molar-refractivity contribution in [3.63, 3.8) is 0 Å². The van der Waals surface area contributed by atoms with Gasteiger partial charge in [0.15, 0.2) is 0 Å². The number of nitrogens with one attached hydrogen (secondary N) is 1. The van der Waals surface area contributed by atoms with Gasteiger partial charge in [-0.15, -0.1) is 0 Å². The number of ether oxygens (including phenoxy) is 1. The molecule has 6 nitrogen and oxygen atoms in total. The molecule has 2 aliphatic heterocycles. The normalized spacial score (nSPS) is 21.8. The van der Waals surface area contributed by atoms with Crippen LogP contribution in [0.2, 0.25) is 0 Å². The van der Waals surface area contributed by atoms with Crippen molar-refractivity contribution in [3.8, 4) is 5.75 Å². The average Bonchev–Trinajstić information content (AvgIpc) is 3.49. The Bertz CT molecular complexity index is 703. The molecule has 1 aromatic carbocycles. The van der Waals surface area contributed by atoms with E-state index in [0.717, 1.165) is 57.6 Å². The molecule has 0 unspecified atom stereocenters. The van der Waals surface area contributed by atoms with Gasteiger partial charge in [-0.2, -0.15) is 0 Å². The first-order valence-electron chi connectivity index (χ1n) is 11.1. The summed E-state index contributed by atoms with van der Waals surface area (Å²) in [4.78, 5) is 29.5. The second kappa shape index (κ2) is 9.16. The lowest BCUT2D eigenvalue weighted by molar-refractivity contribution is -0.136. The minimum absolute atomic E-state index is 0.0216. The fourth-order valence-corrected chi connectivity index (χ4v) is 4.63. The summed E-state index contributed by atoms with van der Waals surface area (Å²) in [6, 6.07) is 8.40. The number of carbonyl (C=O) groups excluding carboxylic acids is 2. The molecule has 1 saturated carbocycles. The highest BCUT2D eigenvalue weighted by atomic mass is 16.5. The zero-order valence-electron chi connectivity index (χ0n) is 17.4. The number of hydrogen-bond donors (Lipinski definition) is 1. The molecular weight excluding hydrogens is 366 g/mol. The van der Waals surface area contributed by atoms with E-state index < -0.39 is 0 Å². The van der Waals surface area contributed by atoms with Crippen molar-refractivity contribution in [1.82, 2.24) is 15.1 Å². The van der Waals surface area contributed by atoms with Gasteiger partial charge in [-0.1, -0.05) is 12.1 Å². The van der Waals surface area contributed by atoms with Crippen molar-refractivity contribution < 1.29 is 14.3 Å². The molecule has 2 saturated heterocycles. The van der Waals surface area contributed by atoms with Crippen LogP contribution in [-0.2, 0) is 9.59 Å². The Balaban J connectivity index is 1.32. The van der Waals surface area contributed by atoms with E-state index >= 15 is 0 Å². The van der Waals surface area contributed by atoms with Gasteiger partial charge in [-0.25, -0.2) is 0 Å². The third-order valence-electron chi connectivity index (χ3n) is 6.66. The number of carbonyl (C=O) groups is 2. The largest absolute Gasteiger partial charge is 0.497 e. The molecule has 0 radical (unpaired) electrons. The van der Waals surface area contributed by atoms with Crippen LogP contribution in [0.4, 0.5) is 0 Å². The Hall–Kier alpha value is -2.08. The summed E-state index contributed by atoms with van der Waals surface area (Å²) in [7, 11) is 1.68. The lowest BCUT2D eigenvalue weighted by Crippen LogP contribution is -2.45. The standard InChI is InChI=1S/C23H33N3O3/c1-29-20-8-6-17(7-9-20)21(25-12-2-3-13-25)16-24-22(27)18-10-14-26(15-11-18)23(28)19-4-5-19/h6-9,18-19,21H,2-5,10-16H2,1H3,(H,24,27)/t21-/m0/s1. The van der Waals surface area contributed by atoms with Crippen molar-refractivity contribution in [2.45, 2.75) is 44.6 Å². The molecular formula is C23H33N3O3. The predicted octanol–water partition coefficient (Wildman–Crippen LogP) is 2.60. The Morgan fingerprint density at radius 2 is 1.66 bits per heavy atom. The second-order valence-electron chi connectivity index (χ2n) is 8.65. The van der Waals surface area contributed by atoms with E-state index in [1.165, 1.54) is 18.4 Å². The van der Waals surface area contributed by atoms with Gasteiger partial charge in [-0.05, 0) is 69.3 Å². The first kappa shape index (κ1) is 20.2. The summed E-state index contributed by atoms with van der Waals surface area (Å²) in [5.41, 5.74) is 1.22. The number of amides is 2. The van der Waals surface area contributed by atoms with Gasteiger partial charge in [0, 0.05) is 31.5 Å². The molecule has 6 heteroatoms. The number of hydrogen-bond acceptors (Lipinski definition) is 4. The fraction of sp³-hybridized carbons (Fsp3) is 0.652. The number of benzene rings is 1. The van der Waals surface area contributed by atoms with Crippen LogP contribution >= 0.6 is 0 Å². The molecule has 29 heavy (non-hydrogen) atoms. The van der Waals surface area contributed by atoms with Crippen LogP contribution < -0.4 is 10.1 Å². The summed E-state index contributed by atoms with van der Waals surface area (Å²) in [5.74, 6) is 1.59. The van der Waals surface area contributed by atoms with Crippen LogP contribution in [0.3, 0.4) is 0 Å². The van der Waals surface area contributed by atoms with E-state index in [-0.39, 0.29) is 23.8 Å². The zero-order chi connectivity index (χ0) is 20.2. The van der Waals surface area contributed by atoms with E-state index in [2.05, 4.69) is 22.3 Å². The quantitative estimate of drug-likeness (QED) is 0.766. The number of likely N-dealkylation sites (tertiary alicyclic amines) is 2. The molecule has 2 amide bonds. The fourth-order valence-electron chi connectivity index (χ4n) is 4.63. The molecule has 1 aliphatic carbocycles.